The fourth-order valence-electron chi connectivity index (χ4n) is 5.66. The van der Waals surface area contributed by atoms with Crippen LogP contribution in [-0.4, -0.2) is 62.2 Å². The van der Waals surface area contributed by atoms with Crippen molar-refractivity contribution in [3.8, 4) is 0 Å². The molecule has 0 bridgehead atoms. The highest BCUT2D eigenvalue weighted by Crippen LogP contribution is 2.35. The van der Waals surface area contributed by atoms with E-state index in [9.17, 15) is 19.8 Å². The normalized spacial score (nSPS) is 23.0. The summed E-state index contributed by atoms with van der Waals surface area (Å²) in [5.41, 5.74) is 5.28. The van der Waals surface area contributed by atoms with E-state index >= 15 is 0 Å². The fourth-order valence-corrected chi connectivity index (χ4v) is 6.29. The first-order valence-corrected chi connectivity index (χ1v) is 13.5. The summed E-state index contributed by atoms with van der Waals surface area (Å²) in [7, 11) is 0. The second kappa shape index (κ2) is 10.8. The van der Waals surface area contributed by atoms with Crippen molar-refractivity contribution in [3.05, 3.63) is 87.9 Å². The fraction of sp³-hybridized carbons (Fsp3) is 0.393. The minimum Gasteiger partial charge on any atom is -0.465 e. The molecule has 2 aliphatic heterocycles. The van der Waals surface area contributed by atoms with E-state index in [2.05, 4.69) is 10.4 Å². The lowest BCUT2D eigenvalue weighted by Gasteiger charge is -2.32. The number of hydrogen-bond acceptors (Lipinski definition) is 5. The number of aliphatic hydroxyl groups is 1. The Bertz CT molecular complexity index is 1170. The first-order chi connectivity index (χ1) is 17.5. The summed E-state index contributed by atoms with van der Waals surface area (Å²) < 4.78 is 0. The van der Waals surface area contributed by atoms with Gasteiger partial charge in [0, 0.05) is 36.0 Å². The molecule has 0 saturated carbocycles. The monoisotopic (exact) mass is 505 g/mol. The third-order valence-corrected chi connectivity index (χ3v) is 8.13. The Hall–Kier alpha value is -3.23. The quantitative estimate of drug-likeness (QED) is 0.494. The summed E-state index contributed by atoms with van der Waals surface area (Å²) in [6, 6.07) is 16.1. The summed E-state index contributed by atoms with van der Waals surface area (Å²) in [6.45, 7) is 1.44. The molecule has 3 aromatic rings. The van der Waals surface area contributed by atoms with Crippen molar-refractivity contribution in [1.29, 1.82) is 0 Å². The lowest BCUT2D eigenvalue weighted by atomic mass is 9.94. The van der Waals surface area contributed by atoms with Crippen LogP contribution in [-0.2, 0) is 6.42 Å². The molecule has 5 rings (SSSR count). The van der Waals surface area contributed by atoms with Crippen LogP contribution >= 0.6 is 11.3 Å². The van der Waals surface area contributed by atoms with Gasteiger partial charge in [0.2, 0.25) is 0 Å². The van der Waals surface area contributed by atoms with E-state index in [4.69, 9.17) is 0 Å². The van der Waals surface area contributed by atoms with Gasteiger partial charge >= 0.3 is 6.09 Å². The molecule has 36 heavy (non-hydrogen) atoms. The van der Waals surface area contributed by atoms with Crippen LogP contribution in [0.4, 0.5) is 4.79 Å². The van der Waals surface area contributed by atoms with Gasteiger partial charge in [0.05, 0.1) is 23.4 Å². The molecule has 7 nitrogen and oxygen atoms in total. The number of amides is 2. The molecule has 1 aromatic heterocycles. The number of aliphatic hydroxyl groups excluding tert-OH is 1. The van der Waals surface area contributed by atoms with Crippen LogP contribution in [0.5, 0.6) is 0 Å². The zero-order valence-electron chi connectivity index (χ0n) is 20.1. The Balaban J connectivity index is 1.23. The summed E-state index contributed by atoms with van der Waals surface area (Å²) >= 11 is 1.59. The molecule has 3 heterocycles. The number of carbonyl (C=O) groups excluding carboxylic acids is 1. The van der Waals surface area contributed by atoms with Gasteiger partial charge in [0.1, 0.15) is 0 Å². The summed E-state index contributed by atoms with van der Waals surface area (Å²) in [5.74, 6) is 0.317. The molecule has 2 aliphatic rings. The van der Waals surface area contributed by atoms with Gasteiger partial charge < -0.3 is 15.1 Å². The number of nitrogens with zero attached hydrogens (tertiary/aromatic N) is 3. The topological polar surface area (TPSA) is 94.0 Å². The van der Waals surface area contributed by atoms with Crippen molar-refractivity contribution in [1.82, 2.24) is 14.8 Å². The standard InChI is InChI=1S/C28H31N3O4S/c32-26(20-5-2-1-3-6-20)25-13-12-23(31(25)28(34)35)15-19-8-10-21(11-9-19)27(33)30-14-4-7-22(16-30)24-17-36-18-29-24/h1-3,5-6,8-11,17-18,22-23,25-26,32H,4,7,12-16H2,(H,34,35)/t22?,23-,25+,26?/m0/s1. The minimum atomic E-state index is -1.01. The van der Waals surface area contributed by atoms with Gasteiger partial charge in [-0.3, -0.25) is 9.69 Å². The summed E-state index contributed by atoms with van der Waals surface area (Å²) in [6.07, 6.45) is 2.00. The van der Waals surface area contributed by atoms with Crippen molar-refractivity contribution < 1.29 is 19.8 Å². The minimum absolute atomic E-state index is 0.0283. The number of likely N-dealkylation sites (tertiary alicyclic amines) is 2. The zero-order valence-corrected chi connectivity index (χ0v) is 20.9. The molecule has 2 N–H and O–H groups in total. The van der Waals surface area contributed by atoms with Crippen LogP contribution in [0.3, 0.4) is 0 Å². The summed E-state index contributed by atoms with van der Waals surface area (Å²) in [5, 5.41) is 22.9. The Kier molecular flexibility index (Phi) is 7.34. The van der Waals surface area contributed by atoms with Crippen LogP contribution in [0.25, 0.3) is 0 Å². The molecule has 0 radical (unpaired) electrons. The molecule has 2 saturated heterocycles. The Labute approximate surface area is 215 Å². The summed E-state index contributed by atoms with van der Waals surface area (Å²) in [4.78, 5) is 33.1. The number of rotatable bonds is 6. The maximum absolute atomic E-state index is 13.2. The van der Waals surface area contributed by atoms with Gasteiger partial charge in [-0.25, -0.2) is 9.78 Å². The van der Waals surface area contributed by atoms with Crippen molar-refractivity contribution in [3.63, 3.8) is 0 Å². The number of carbonyl (C=O) groups is 2. The predicted molar refractivity (Wildman–Crippen MR) is 138 cm³/mol. The predicted octanol–water partition coefficient (Wildman–Crippen LogP) is 4.95. The number of piperidine rings is 1. The van der Waals surface area contributed by atoms with Crippen LogP contribution in [0.2, 0.25) is 0 Å². The first kappa shape index (κ1) is 24.5. The molecule has 2 unspecified atom stereocenters. The van der Waals surface area contributed by atoms with Crippen LogP contribution in [0.1, 0.15) is 64.9 Å². The highest BCUT2D eigenvalue weighted by molar-refractivity contribution is 7.07. The molecule has 4 atom stereocenters. The number of hydrogen-bond donors (Lipinski definition) is 2. The molecule has 0 spiro atoms. The van der Waals surface area contributed by atoms with Crippen molar-refractivity contribution >= 4 is 23.3 Å². The van der Waals surface area contributed by atoms with Gasteiger partial charge in [-0.15, -0.1) is 11.3 Å². The second-order valence-electron chi connectivity index (χ2n) is 9.75. The Morgan fingerprint density at radius 3 is 2.53 bits per heavy atom. The van der Waals surface area contributed by atoms with E-state index in [1.54, 1.807) is 11.3 Å². The van der Waals surface area contributed by atoms with E-state index in [0.717, 1.165) is 36.2 Å². The van der Waals surface area contributed by atoms with Crippen molar-refractivity contribution in [2.75, 3.05) is 13.1 Å². The molecular formula is C28H31N3O4S. The van der Waals surface area contributed by atoms with E-state index in [0.29, 0.717) is 31.4 Å². The largest absolute Gasteiger partial charge is 0.465 e. The highest BCUT2D eigenvalue weighted by Gasteiger charge is 2.41. The average molecular weight is 506 g/mol. The van der Waals surface area contributed by atoms with Crippen LogP contribution < -0.4 is 0 Å². The first-order valence-electron chi connectivity index (χ1n) is 12.5. The average Bonchev–Trinajstić information content (AvgIpc) is 3.60. The molecule has 2 amide bonds. The lowest BCUT2D eigenvalue weighted by molar-refractivity contribution is 0.0540. The number of carboxylic acid groups (broad SMARTS) is 1. The van der Waals surface area contributed by atoms with Gasteiger partial charge in [0.25, 0.3) is 5.91 Å². The number of thiazole rings is 1. The van der Waals surface area contributed by atoms with Crippen molar-refractivity contribution in [2.24, 2.45) is 0 Å². The Morgan fingerprint density at radius 1 is 1.06 bits per heavy atom. The van der Waals surface area contributed by atoms with Gasteiger partial charge in [-0.1, -0.05) is 42.5 Å². The third kappa shape index (κ3) is 5.15. The molecule has 8 heteroatoms. The molecule has 188 valence electrons. The molecule has 0 aliphatic carbocycles. The smallest absolute Gasteiger partial charge is 0.407 e. The maximum Gasteiger partial charge on any atom is 0.407 e. The van der Waals surface area contributed by atoms with Crippen molar-refractivity contribution in [2.45, 2.75) is 56.2 Å². The SMILES string of the molecule is O=C(c1ccc(C[C@@H]2CC[C@H](C(O)c3ccccc3)N2C(=O)O)cc1)N1CCCC(c2cscn2)C1. The van der Waals surface area contributed by atoms with Gasteiger partial charge in [-0.2, -0.15) is 0 Å². The zero-order chi connectivity index (χ0) is 25.1. The Morgan fingerprint density at radius 2 is 1.83 bits per heavy atom. The highest BCUT2D eigenvalue weighted by atomic mass is 32.1. The molecule has 2 fully saturated rings. The lowest BCUT2D eigenvalue weighted by Crippen LogP contribution is -2.44. The van der Waals surface area contributed by atoms with Crippen LogP contribution in [0.15, 0.2) is 65.5 Å². The van der Waals surface area contributed by atoms with E-state index in [-0.39, 0.29) is 17.9 Å². The van der Waals surface area contributed by atoms with Crippen LogP contribution in [0, 0.1) is 0 Å². The van der Waals surface area contributed by atoms with E-state index < -0.39 is 18.2 Å². The van der Waals surface area contributed by atoms with Gasteiger partial charge in [0.15, 0.2) is 0 Å². The number of benzene rings is 2. The number of aromatic nitrogens is 1. The third-order valence-electron chi connectivity index (χ3n) is 7.52. The van der Waals surface area contributed by atoms with E-state index in [1.165, 1.54) is 4.90 Å². The van der Waals surface area contributed by atoms with Gasteiger partial charge in [-0.05, 0) is 55.4 Å². The second-order valence-corrected chi connectivity index (χ2v) is 10.5. The molecular weight excluding hydrogens is 474 g/mol. The van der Waals surface area contributed by atoms with E-state index in [1.807, 2.05) is 65.0 Å². The maximum atomic E-state index is 13.2. The molecule has 2 aromatic carbocycles.